The molecule has 2 rings (SSSR count). The van der Waals surface area contributed by atoms with Crippen LogP contribution in [0.15, 0.2) is 18.5 Å². The lowest BCUT2D eigenvalue weighted by molar-refractivity contribution is 0.534. The van der Waals surface area contributed by atoms with Crippen molar-refractivity contribution in [2.75, 3.05) is 5.32 Å². The van der Waals surface area contributed by atoms with Gasteiger partial charge < -0.3 is 5.32 Å². The number of anilines is 1. The zero-order valence-corrected chi connectivity index (χ0v) is 12.3. The maximum Gasteiger partial charge on any atom is 0.148 e. The van der Waals surface area contributed by atoms with Crippen molar-refractivity contribution in [3.05, 3.63) is 27.7 Å². The second-order valence-corrected chi connectivity index (χ2v) is 5.27. The molecule has 2 aromatic heterocycles. The van der Waals surface area contributed by atoms with Crippen LogP contribution < -0.4 is 5.32 Å². The van der Waals surface area contributed by atoms with Gasteiger partial charge in [0.1, 0.15) is 9.52 Å². The lowest BCUT2D eigenvalue weighted by atomic mass is 10.3. The van der Waals surface area contributed by atoms with Crippen molar-refractivity contribution in [2.45, 2.75) is 26.4 Å². The number of hydrogen-bond acceptors (Lipinski definition) is 3. The molecule has 0 aliphatic carbocycles. The largest absolute Gasteiger partial charge is 0.364 e. The Morgan fingerprint density at radius 3 is 2.71 bits per heavy atom. The van der Waals surface area contributed by atoms with Gasteiger partial charge in [-0.25, -0.2) is 0 Å². The molecule has 0 fully saturated rings. The molecule has 6 heteroatoms. The Hall–Kier alpha value is -1.05. The summed E-state index contributed by atoms with van der Waals surface area (Å²) in [5, 5.41) is 12.0. The number of nitrogens with zero attached hydrogens (tertiary/aromatic N) is 4. The van der Waals surface area contributed by atoms with Gasteiger partial charge in [-0.1, -0.05) is 0 Å². The van der Waals surface area contributed by atoms with E-state index in [0.29, 0.717) is 6.04 Å². The molecular weight excluding hydrogens is 329 g/mol. The predicted molar refractivity (Wildman–Crippen MR) is 75.9 cm³/mol. The molecule has 0 aliphatic heterocycles. The zero-order valence-electron chi connectivity index (χ0n) is 10.2. The molecule has 0 radical (unpaired) electrons. The van der Waals surface area contributed by atoms with Crippen LogP contribution in [-0.4, -0.2) is 19.6 Å². The van der Waals surface area contributed by atoms with Gasteiger partial charge in [-0.05, 0) is 36.4 Å². The zero-order chi connectivity index (χ0) is 12.4. The van der Waals surface area contributed by atoms with Crippen LogP contribution in [0.25, 0.3) is 0 Å². The molecule has 17 heavy (non-hydrogen) atoms. The SMILES string of the molecule is CC(C)n1ccc(NCc2cn(C)nc2I)n1. The third kappa shape index (κ3) is 2.99. The minimum absolute atomic E-state index is 0.393. The molecule has 0 saturated heterocycles. The van der Waals surface area contributed by atoms with Gasteiger partial charge in [0.15, 0.2) is 0 Å². The Bertz CT molecular complexity index is 500. The van der Waals surface area contributed by atoms with Gasteiger partial charge in [0.25, 0.3) is 0 Å². The topological polar surface area (TPSA) is 47.7 Å². The summed E-state index contributed by atoms with van der Waals surface area (Å²) >= 11 is 2.24. The highest BCUT2D eigenvalue weighted by atomic mass is 127. The van der Waals surface area contributed by atoms with Crippen LogP contribution in [-0.2, 0) is 13.6 Å². The summed E-state index contributed by atoms with van der Waals surface area (Å²) in [6.07, 6.45) is 4.01. The Labute approximate surface area is 114 Å². The summed E-state index contributed by atoms with van der Waals surface area (Å²) in [7, 11) is 1.93. The van der Waals surface area contributed by atoms with Gasteiger partial charge in [0.05, 0.1) is 0 Å². The minimum atomic E-state index is 0.393. The fraction of sp³-hybridized carbons (Fsp3) is 0.455. The van der Waals surface area contributed by atoms with Crippen molar-refractivity contribution in [1.82, 2.24) is 19.6 Å². The Kier molecular flexibility index (Phi) is 3.70. The van der Waals surface area contributed by atoms with Crippen LogP contribution in [0.3, 0.4) is 0 Å². The van der Waals surface area contributed by atoms with Crippen molar-refractivity contribution in [3.8, 4) is 0 Å². The monoisotopic (exact) mass is 345 g/mol. The second kappa shape index (κ2) is 5.07. The molecule has 0 saturated carbocycles. The fourth-order valence-corrected chi connectivity index (χ4v) is 2.20. The van der Waals surface area contributed by atoms with Crippen LogP contribution in [0.4, 0.5) is 5.82 Å². The minimum Gasteiger partial charge on any atom is -0.364 e. The van der Waals surface area contributed by atoms with E-state index >= 15 is 0 Å². The van der Waals surface area contributed by atoms with E-state index < -0.39 is 0 Å². The summed E-state index contributed by atoms with van der Waals surface area (Å²) in [5.41, 5.74) is 1.19. The average Bonchev–Trinajstić information content (AvgIpc) is 2.82. The lowest BCUT2D eigenvalue weighted by Gasteiger charge is -2.04. The van der Waals surface area contributed by atoms with E-state index in [9.17, 15) is 0 Å². The molecule has 0 aromatic carbocycles. The summed E-state index contributed by atoms with van der Waals surface area (Å²) < 4.78 is 4.79. The third-order valence-corrected chi connectivity index (χ3v) is 3.36. The maximum atomic E-state index is 4.44. The highest BCUT2D eigenvalue weighted by Gasteiger charge is 2.06. The van der Waals surface area contributed by atoms with Gasteiger partial charge in [-0.15, -0.1) is 0 Å². The first-order valence-electron chi connectivity index (χ1n) is 5.53. The van der Waals surface area contributed by atoms with Crippen LogP contribution in [0, 0.1) is 3.70 Å². The van der Waals surface area contributed by atoms with E-state index in [4.69, 9.17) is 0 Å². The van der Waals surface area contributed by atoms with Gasteiger partial charge >= 0.3 is 0 Å². The summed E-state index contributed by atoms with van der Waals surface area (Å²) in [6.45, 7) is 4.98. The quantitative estimate of drug-likeness (QED) is 0.866. The number of rotatable bonds is 4. The molecule has 0 spiro atoms. The molecular formula is C11H16IN5. The van der Waals surface area contributed by atoms with Crippen molar-refractivity contribution >= 4 is 28.4 Å². The molecule has 0 aliphatic rings. The predicted octanol–water partition coefficient (Wildman–Crippen LogP) is 2.41. The Morgan fingerprint density at radius 1 is 1.41 bits per heavy atom. The highest BCUT2D eigenvalue weighted by molar-refractivity contribution is 14.1. The number of halogens is 1. The van der Waals surface area contributed by atoms with E-state index in [0.717, 1.165) is 16.1 Å². The van der Waals surface area contributed by atoms with E-state index in [2.05, 4.69) is 52.0 Å². The molecule has 92 valence electrons. The summed E-state index contributed by atoms with van der Waals surface area (Å²) in [5.74, 6) is 0.901. The molecule has 0 amide bonds. The van der Waals surface area contributed by atoms with E-state index in [-0.39, 0.29) is 0 Å². The number of hydrogen-bond donors (Lipinski definition) is 1. The van der Waals surface area contributed by atoms with Crippen molar-refractivity contribution < 1.29 is 0 Å². The van der Waals surface area contributed by atoms with Gasteiger partial charge in [0, 0.05) is 43.7 Å². The lowest BCUT2D eigenvalue weighted by Crippen LogP contribution is -2.04. The standard InChI is InChI=1S/C11H16IN5/c1-8(2)17-5-4-10(14-17)13-6-9-7-16(3)15-11(9)12/h4-5,7-8H,6H2,1-3H3,(H,13,14). The fourth-order valence-electron chi connectivity index (χ4n) is 1.53. The van der Waals surface area contributed by atoms with Gasteiger partial charge in [0.2, 0.25) is 0 Å². The summed E-state index contributed by atoms with van der Waals surface area (Å²) in [6, 6.07) is 2.38. The van der Waals surface area contributed by atoms with Crippen LogP contribution in [0.2, 0.25) is 0 Å². The normalized spacial score (nSPS) is 11.1. The molecule has 0 unspecified atom stereocenters. The van der Waals surface area contributed by atoms with Crippen molar-refractivity contribution in [1.29, 1.82) is 0 Å². The molecule has 2 heterocycles. The first-order chi connectivity index (χ1) is 8.06. The number of aryl methyl sites for hydroxylation is 1. The van der Waals surface area contributed by atoms with Crippen molar-refractivity contribution in [2.24, 2.45) is 7.05 Å². The summed E-state index contributed by atoms with van der Waals surface area (Å²) in [4.78, 5) is 0. The molecule has 0 bridgehead atoms. The van der Waals surface area contributed by atoms with Crippen LogP contribution in [0.5, 0.6) is 0 Å². The van der Waals surface area contributed by atoms with Crippen molar-refractivity contribution in [3.63, 3.8) is 0 Å². The van der Waals surface area contributed by atoms with E-state index in [1.165, 1.54) is 5.56 Å². The van der Waals surface area contributed by atoms with Gasteiger partial charge in [-0.2, -0.15) is 10.2 Å². The molecule has 2 aromatic rings. The molecule has 5 nitrogen and oxygen atoms in total. The smallest absolute Gasteiger partial charge is 0.148 e. The highest BCUT2D eigenvalue weighted by Crippen LogP contribution is 2.13. The first kappa shape index (κ1) is 12.4. The average molecular weight is 345 g/mol. The number of aromatic nitrogens is 4. The van der Waals surface area contributed by atoms with E-state index in [1.807, 2.05) is 34.9 Å². The van der Waals surface area contributed by atoms with E-state index in [1.54, 1.807) is 0 Å². The molecule has 1 N–H and O–H groups in total. The van der Waals surface area contributed by atoms with Crippen LogP contribution in [0.1, 0.15) is 25.5 Å². The third-order valence-electron chi connectivity index (χ3n) is 2.45. The Morgan fingerprint density at radius 2 is 2.18 bits per heavy atom. The first-order valence-corrected chi connectivity index (χ1v) is 6.61. The Balaban J connectivity index is 2.00. The van der Waals surface area contributed by atoms with Gasteiger partial charge in [-0.3, -0.25) is 9.36 Å². The maximum absolute atomic E-state index is 4.44. The number of nitrogens with one attached hydrogen (secondary N) is 1. The second-order valence-electron chi connectivity index (χ2n) is 4.25. The molecule has 0 atom stereocenters. The van der Waals surface area contributed by atoms with Crippen LogP contribution >= 0.6 is 22.6 Å².